The van der Waals surface area contributed by atoms with Crippen LogP contribution in [-0.2, 0) is 13.1 Å². The number of aliphatic hydroxyl groups excluding tert-OH is 1. The summed E-state index contributed by atoms with van der Waals surface area (Å²) in [5, 5.41) is 21.7. The molecule has 3 heterocycles. The first-order valence-electron chi connectivity index (χ1n) is 13.6. The minimum Gasteiger partial charge on any atom is -0.375 e. The smallest absolute Gasteiger partial charge is 0.226 e. The number of rotatable bonds is 10. The largest absolute Gasteiger partial charge is 0.375 e. The van der Waals surface area contributed by atoms with Gasteiger partial charge in [0.2, 0.25) is 5.95 Å². The van der Waals surface area contributed by atoms with E-state index in [-0.39, 0.29) is 0 Å². The lowest BCUT2D eigenvalue weighted by molar-refractivity contribution is 0.130. The molecule has 0 radical (unpaired) electrons. The Bertz CT molecular complexity index is 1410. The third-order valence-corrected chi connectivity index (χ3v) is 6.99. The van der Waals surface area contributed by atoms with E-state index in [9.17, 15) is 5.11 Å². The molecule has 10 heteroatoms. The summed E-state index contributed by atoms with van der Waals surface area (Å²) in [5.41, 5.74) is 2.02. The normalized spacial score (nSPS) is 15.1. The zero-order valence-corrected chi connectivity index (χ0v) is 22.9. The summed E-state index contributed by atoms with van der Waals surface area (Å²) in [5.74, 6) is 8.65. The third-order valence-electron chi connectivity index (χ3n) is 6.75. The number of hydrogen-bond acceptors (Lipinski definition) is 8. The van der Waals surface area contributed by atoms with Crippen molar-refractivity contribution in [3.05, 3.63) is 89.7 Å². The van der Waals surface area contributed by atoms with Crippen molar-refractivity contribution in [1.82, 2.24) is 29.8 Å². The lowest BCUT2D eigenvalue weighted by atomic mass is 9.89. The van der Waals surface area contributed by atoms with Crippen LogP contribution in [0.15, 0.2) is 73.6 Å². The topological polar surface area (TPSA) is 113 Å². The summed E-state index contributed by atoms with van der Waals surface area (Å²) in [6, 6.07) is 12.7. The van der Waals surface area contributed by atoms with E-state index in [1.165, 1.54) is 19.3 Å². The van der Waals surface area contributed by atoms with Crippen LogP contribution in [0, 0.1) is 17.8 Å². The molecule has 0 spiro atoms. The first-order chi connectivity index (χ1) is 19.6. The molecule has 9 nitrogen and oxygen atoms in total. The molecule has 1 saturated carbocycles. The molecule has 1 fully saturated rings. The standard InChI is InChI=1S/C30H33ClN8O/c31-25-8-4-7-24(17-25)20-35-30-37-27(18-28(38-30)39-16-15-33-21-39)36-26(10-9-22-5-2-1-3-6-22)29(40)34-19-23-11-13-32-14-12-23/h4,7-8,11-18,21-22,26,29,34,40H,1-3,5-6,19-20H2,(H2,35,36,37,38). The van der Waals surface area contributed by atoms with Crippen LogP contribution in [0.25, 0.3) is 5.82 Å². The van der Waals surface area contributed by atoms with E-state index in [0.29, 0.717) is 41.6 Å². The van der Waals surface area contributed by atoms with Crippen LogP contribution in [0.5, 0.6) is 0 Å². The summed E-state index contributed by atoms with van der Waals surface area (Å²) in [4.78, 5) is 17.6. The Morgan fingerprint density at radius 3 is 2.60 bits per heavy atom. The summed E-state index contributed by atoms with van der Waals surface area (Å²) in [6.45, 7) is 0.970. The number of nitrogens with one attached hydrogen (secondary N) is 3. The highest BCUT2D eigenvalue weighted by Gasteiger charge is 2.19. The number of hydrogen-bond donors (Lipinski definition) is 4. The van der Waals surface area contributed by atoms with Crippen LogP contribution in [0.2, 0.25) is 5.02 Å². The van der Waals surface area contributed by atoms with Crippen molar-refractivity contribution in [2.45, 2.75) is 57.5 Å². The Morgan fingerprint density at radius 2 is 1.82 bits per heavy atom. The molecule has 0 amide bonds. The second-order valence-electron chi connectivity index (χ2n) is 9.82. The predicted octanol–water partition coefficient (Wildman–Crippen LogP) is 4.80. The molecule has 1 aliphatic carbocycles. The van der Waals surface area contributed by atoms with Crippen LogP contribution in [0.4, 0.5) is 11.8 Å². The van der Waals surface area contributed by atoms with Gasteiger partial charge >= 0.3 is 0 Å². The molecule has 5 rings (SSSR count). The highest BCUT2D eigenvalue weighted by molar-refractivity contribution is 6.30. The van der Waals surface area contributed by atoms with E-state index in [4.69, 9.17) is 16.6 Å². The lowest BCUT2D eigenvalue weighted by Crippen LogP contribution is -2.43. The number of imidazole rings is 1. The number of halogens is 1. The molecule has 1 aromatic carbocycles. The zero-order chi connectivity index (χ0) is 27.6. The van der Waals surface area contributed by atoms with E-state index >= 15 is 0 Å². The Balaban J connectivity index is 1.38. The number of pyridine rings is 1. The molecule has 0 bridgehead atoms. The predicted molar refractivity (Wildman–Crippen MR) is 157 cm³/mol. The zero-order valence-electron chi connectivity index (χ0n) is 22.2. The van der Waals surface area contributed by atoms with Crippen LogP contribution in [0.3, 0.4) is 0 Å². The van der Waals surface area contributed by atoms with Gasteiger partial charge in [-0.3, -0.25) is 14.9 Å². The van der Waals surface area contributed by atoms with E-state index in [2.05, 4.69) is 42.7 Å². The highest BCUT2D eigenvalue weighted by Crippen LogP contribution is 2.23. The Morgan fingerprint density at radius 1 is 0.975 bits per heavy atom. The molecule has 0 saturated heterocycles. The average Bonchev–Trinajstić information content (AvgIpc) is 3.53. The molecule has 2 atom stereocenters. The fraction of sp³-hybridized carbons (Fsp3) is 0.333. The fourth-order valence-corrected chi connectivity index (χ4v) is 4.80. The Hall–Kier alpha value is -3.97. The maximum atomic E-state index is 11.2. The summed E-state index contributed by atoms with van der Waals surface area (Å²) >= 11 is 6.16. The minimum absolute atomic E-state index is 0.340. The van der Waals surface area contributed by atoms with Gasteiger partial charge in [-0.2, -0.15) is 9.97 Å². The van der Waals surface area contributed by atoms with E-state index < -0.39 is 12.3 Å². The summed E-state index contributed by atoms with van der Waals surface area (Å²) in [6.07, 6.45) is 13.6. The van der Waals surface area contributed by atoms with Crippen LogP contribution >= 0.6 is 11.6 Å². The Labute approximate surface area is 239 Å². The van der Waals surface area contributed by atoms with Gasteiger partial charge in [-0.1, -0.05) is 54.8 Å². The van der Waals surface area contributed by atoms with E-state index in [0.717, 1.165) is 24.0 Å². The maximum Gasteiger partial charge on any atom is 0.226 e. The number of anilines is 2. The molecular formula is C30H33ClN8O. The number of aromatic nitrogens is 5. The number of nitrogens with zero attached hydrogens (tertiary/aromatic N) is 5. The molecule has 1 aliphatic rings. The second kappa shape index (κ2) is 13.9. The first-order valence-corrected chi connectivity index (χ1v) is 13.9. The van der Waals surface area contributed by atoms with Gasteiger partial charge in [0.05, 0.1) is 0 Å². The molecule has 0 aliphatic heterocycles. The van der Waals surface area contributed by atoms with Crippen molar-refractivity contribution >= 4 is 23.4 Å². The van der Waals surface area contributed by atoms with Gasteiger partial charge in [0.25, 0.3) is 0 Å². The number of benzene rings is 1. The third kappa shape index (κ3) is 8.02. The van der Waals surface area contributed by atoms with E-state index in [1.54, 1.807) is 29.5 Å². The van der Waals surface area contributed by atoms with Crippen molar-refractivity contribution in [2.75, 3.05) is 10.6 Å². The van der Waals surface area contributed by atoms with Gasteiger partial charge in [-0.25, -0.2) is 4.98 Å². The van der Waals surface area contributed by atoms with Gasteiger partial charge in [0.1, 0.15) is 30.2 Å². The van der Waals surface area contributed by atoms with Crippen LogP contribution < -0.4 is 16.0 Å². The van der Waals surface area contributed by atoms with Gasteiger partial charge in [0.15, 0.2) is 0 Å². The Kier molecular flexibility index (Phi) is 9.59. The van der Waals surface area contributed by atoms with Crippen LogP contribution in [-0.4, -0.2) is 41.9 Å². The van der Waals surface area contributed by atoms with Gasteiger partial charge in [-0.05, 0) is 48.2 Å². The average molecular weight is 557 g/mol. The maximum absolute atomic E-state index is 11.2. The molecule has 4 aromatic rings. The van der Waals surface area contributed by atoms with Crippen molar-refractivity contribution in [1.29, 1.82) is 0 Å². The second-order valence-corrected chi connectivity index (χ2v) is 10.3. The monoisotopic (exact) mass is 556 g/mol. The van der Waals surface area contributed by atoms with E-state index in [1.807, 2.05) is 48.7 Å². The quantitative estimate of drug-likeness (QED) is 0.163. The molecule has 40 heavy (non-hydrogen) atoms. The van der Waals surface area contributed by atoms with Crippen molar-refractivity contribution < 1.29 is 5.11 Å². The summed E-state index contributed by atoms with van der Waals surface area (Å²) in [7, 11) is 0. The first kappa shape index (κ1) is 27.6. The highest BCUT2D eigenvalue weighted by atomic mass is 35.5. The molecule has 206 valence electrons. The fourth-order valence-electron chi connectivity index (χ4n) is 4.59. The molecular weight excluding hydrogens is 524 g/mol. The SMILES string of the molecule is OC(NCc1ccncc1)C(C#CC1CCCCC1)Nc1cc(-n2ccnc2)nc(NCc2cccc(Cl)c2)n1. The minimum atomic E-state index is -0.946. The molecule has 4 N–H and O–H groups in total. The van der Waals surface area contributed by atoms with Crippen molar-refractivity contribution in [2.24, 2.45) is 5.92 Å². The van der Waals surface area contributed by atoms with Gasteiger partial charge in [-0.15, -0.1) is 0 Å². The molecule has 2 unspecified atom stereocenters. The van der Waals surface area contributed by atoms with Crippen LogP contribution in [0.1, 0.15) is 43.2 Å². The lowest BCUT2D eigenvalue weighted by Gasteiger charge is -2.23. The summed E-state index contributed by atoms with van der Waals surface area (Å²) < 4.78 is 1.80. The van der Waals surface area contributed by atoms with Gasteiger partial charge in [0, 0.05) is 54.9 Å². The van der Waals surface area contributed by atoms with Crippen molar-refractivity contribution in [3.63, 3.8) is 0 Å². The van der Waals surface area contributed by atoms with Crippen molar-refractivity contribution in [3.8, 4) is 17.7 Å². The van der Waals surface area contributed by atoms with Gasteiger partial charge < -0.3 is 15.7 Å². The number of aliphatic hydroxyl groups is 1. The molecule has 3 aromatic heterocycles.